The normalized spacial score (nSPS) is 38.6. The minimum absolute atomic E-state index is 0.0942. The summed E-state index contributed by atoms with van der Waals surface area (Å²) in [5.41, 5.74) is 0. The summed E-state index contributed by atoms with van der Waals surface area (Å²) < 4.78 is 20.6. The van der Waals surface area contributed by atoms with Crippen LogP contribution >= 0.6 is 0 Å². The second-order valence-corrected chi connectivity index (χ2v) is 3.30. The predicted octanol–water partition coefficient (Wildman–Crippen LogP) is -0.230. The van der Waals surface area contributed by atoms with Gasteiger partial charge in [-0.2, -0.15) is 0 Å². The monoisotopic (exact) mass is 206 g/mol. The molecule has 0 unspecified atom stereocenters. The summed E-state index contributed by atoms with van der Waals surface area (Å²) in [6.07, 6.45) is -0.934. The van der Waals surface area contributed by atoms with Crippen molar-refractivity contribution in [2.75, 3.05) is 27.9 Å². The van der Waals surface area contributed by atoms with Gasteiger partial charge in [0.1, 0.15) is 12.2 Å². The van der Waals surface area contributed by atoms with E-state index >= 15 is 0 Å². The van der Waals surface area contributed by atoms with Gasteiger partial charge in [-0.25, -0.2) is 0 Å². The van der Waals surface area contributed by atoms with E-state index in [0.29, 0.717) is 13.0 Å². The van der Waals surface area contributed by atoms with E-state index in [9.17, 15) is 5.11 Å². The van der Waals surface area contributed by atoms with E-state index in [1.165, 1.54) is 0 Å². The molecular formula is C9H18O5. The standard InChI is InChI=1S/C9H18O5/c1-11-5-8-6(12-2)4-7(13-3)9(10)14-8/h6-10H,4-5H2,1-3H3/t6-,7+,8+,9-/m0/s1. The summed E-state index contributed by atoms with van der Waals surface area (Å²) >= 11 is 0. The van der Waals surface area contributed by atoms with Gasteiger partial charge < -0.3 is 24.1 Å². The molecule has 0 saturated carbocycles. The minimum atomic E-state index is -0.897. The van der Waals surface area contributed by atoms with Crippen LogP contribution in [0.2, 0.25) is 0 Å². The number of hydrogen-bond donors (Lipinski definition) is 1. The fourth-order valence-corrected chi connectivity index (χ4v) is 1.62. The quantitative estimate of drug-likeness (QED) is 0.688. The van der Waals surface area contributed by atoms with Gasteiger partial charge in [0.2, 0.25) is 0 Å². The van der Waals surface area contributed by atoms with Crippen LogP contribution in [0.25, 0.3) is 0 Å². The molecule has 5 heteroatoms. The lowest BCUT2D eigenvalue weighted by atomic mass is 10.0. The van der Waals surface area contributed by atoms with E-state index in [2.05, 4.69) is 0 Å². The summed E-state index contributed by atoms with van der Waals surface area (Å²) in [5, 5.41) is 9.52. The van der Waals surface area contributed by atoms with Gasteiger partial charge in [0.15, 0.2) is 6.29 Å². The molecule has 1 heterocycles. The molecule has 1 aliphatic heterocycles. The Balaban J connectivity index is 2.53. The van der Waals surface area contributed by atoms with Gasteiger partial charge in [0.05, 0.1) is 12.7 Å². The second-order valence-electron chi connectivity index (χ2n) is 3.30. The van der Waals surface area contributed by atoms with E-state index < -0.39 is 6.29 Å². The molecule has 0 aromatic rings. The maximum atomic E-state index is 9.52. The van der Waals surface area contributed by atoms with Crippen molar-refractivity contribution < 1.29 is 24.1 Å². The molecule has 1 rings (SSSR count). The van der Waals surface area contributed by atoms with Crippen LogP contribution in [0.15, 0.2) is 0 Å². The number of methoxy groups -OCH3 is 3. The Hall–Kier alpha value is -0.200. The molecule has 5 nitrogen and oxygen atoms in total. The molecule has 84 valence electrons. The van der Waals surface area contributed by atoms with E-state index in [1.54, 1.807) is 21.3 Å². The van der Waals surface area contributed by atoms with Crippen LogP contribution in [-0.4, -0.2) is 57.6 Å². The highest BCUT2D eigenvalue weighted by molar-refractivity contribution is 4.82. The van der Waals surface area contributed by atoms with E-state index in [1.807, 2.05) is 0 Å². The fraction of sp³-hybridized carbons (Fsp3) is 1.00. The number of rotatable bonds is 4. The van der Waals surface area contributed by atoms with E-state index in [0.717, 1.165) is 0 Å². The van der Waals surface area contributed by atoms with Gasteiger partial charge in [-0.05, 0) is 0 Å². The molecule has 1 fully saturated rings. The molecule has 0 radical (unpaired) electrons. The Morgan fingerprint density at radius 3 is 2.36 bits per heavy atom. The average Bonchev–Trinajstić information content (AvgIpc) is 2.19. The molecule has 0 aromatic carbocycles. The molecule has 1 N–H and O–H groups in total. The maximum absolute atomic E-state index is 9.52. The van der Waals surface area contributed by atoms with Gasteiger partial charge in [-0.15, -0.1) is 0 Å². The number of ether oxygens (including phenoxy) is 4. The van der Waals surface area contributed by atoms with Crippen molar-refractivity contribution in [3.8, 4) is 0 Å². The second kappa shape index (κ2) is 5.63. The summed E-state index contributed by atoms with van der Waals surface area (Å²) in [4.78, 5) is 0. The Morgan fingerprint density at radius 2 is 1.86 bits per heavy atom. The Labute approximate surface area is 83.9 Å². The Kier molecular flexibility index (Phi) is 4.77. The molecule has 0 aliphatic carbocycles. The molecule has 14 heavy (non-hydrogen) atoms. The highest BCUT2D eigenvalue weighted by Gasteiger charge is 2.37. The highest BCUT2D eigenvalue weighted by Crippen LogP contribution is 2.23. The lowest BCUT2D eigenvalue weighted by Crippen LogP contribution is -2.50. The molecule has 1 saturated heterocycles. The molecular weight excluding hydrogens is 188 g/mol. The van der Waals surface area contributed by atoms with E-state index in [-0.39, 0.29) is 18.3 Å². The zero-order valence-corrected chi connectivity index (χ0v) is 8.80. The Bertz CT molecular complexity index is 163. The van der Waals surface area contributed by atoms with E-state index in [4.69, 9.17) is 18.9 Å². The first-order valence-electron chi connectivity index (χ1n) is 4.61. The van der Waals surface area contributed by atoms with Gasteiger partial charge >= 0.3 is 0 Å². The van der Waals surface area contributed by atoms with Crippen LogP contribution in [0.1, 0.15) is 6.42 Å². The van der Waals surface area contributed by atoms with Crippen molar-refractivity contribution in [2.24, 2.45) is 0 Å². The average molecular weight is 206 g/mol. The summed E-state index contributed by atoms with van der Waals surface area (Å²) in [6.45, 7) is 0.409. The zero-order chi connectivity index (χ0) is 10.6. The molecule has 0 bridgehead atoms. The maximum Gasteiger partial charge on any atom is 0.181 e. The van der Waals surface area contributed by atoms with Crippen molar-refractivity contribution in [1.82, 2.24) is 0 Å². The van der Waals surface area contributed by atoms with Crippen LogP contribution in [0.5, 0.6) is 0 Å². The first-order valence-corrected chi connectivity index (χ1v) is 4.61. The molecule has 4 atom stereocenters. The fourth-order valence-electron chi connectivity index (χ4n) is 1.62. The van der Waals surface area contributed by atoms with Crippen LogP contribution in [0.4, 0.5) is 0 Å². The lowest BCUT2D eigenvalue weighted by Gasteiger charge is -2.37. The zero-order valence-electron chi connectivity index (χ0n) is 8.80. The molecule has 1 aliphatic rings. The minimum Gasteiger partial charge on any atom is -0.382 e. The van der Waals surface area contributed by atoms with Crippen molar-refractivity contribution in [2.45, 2.75) is 31.0 Å². The number of hydrogen-bond acceptors (Lipinski definition) is 5. The van der Waals surface area contributed by atoms with Crippen LogP contribution < -0.4 is 0 Å². The van der Waals surface area contributed by atoms with Gasteiger partial charge in [0.25, 0.3) is 0 Å². The summed E-state index contributed by atoms with van der Waals surface area (Å²) in [5.74, 6) is 0. The topological polar surface area (TPSA) is 57.2 Å². The number of aliphatic hydroxyl groups is 1. The molecule has 0 spiro atoms. The van der Waals surface area contributed by atoms with Gasteiger partial charge in [0, 0.05) is 27.8 Å². The number of aliphatic hydroxyl groups excluding tert-OH is 1. The first kappa shape index (κ1) is 11.9. The van der Waals surface area contributed by atoms with Crippen LogP contribution in [0, 0.1) is 0 Å². The lowest BCUT2D eigenvalue weighted by molar-refractivity contribution is -0.261. The van der Waals surface area contributed by atoms with Gasteiger partial charge in [-0.1, -0.05) is 0 Å². The third-order valence-electron chi connectivity index (χ3n) is 2.45. The van der Waals surface area contributed by atoms with Crippen LogP contribution in [-0.2, 0) is 18.9 Å². The third-order valence-corrected chi connectivity index (χ3v) is 2.45. The SMILES string of the molecule is COC[C@H]1O[C@H](O)[C@H](OC)C[C@@H]1OC. The van der Waals surface area contributed by atoms with Crippen LogP contribution in [0.3, 0.4) is 0 Å². The van der Waals surface area contributed by atoms with Crippen molar-refractivity contribution in [3.05, 3.63) is 0 Å². The molecule has 0 aromatic heterocycles. The summed E-state index contributed by atoms with van der Waals surface area (Å²) in [7, 11) is 4.74. The van der Waals surface area contributed by atoms with Crippen molar-refractivity contribution >= 4 is 0 Å². The van der Waals surface area contributed by atoms with Crippen molar-refractivity contribution in [1.29, 1.82) is 0 Å². The third kappa shape index (κ3) is 2.65. The Morgan fingerprint density at radius 1 is 1.21 bits per heavy atom. The highest BCUT2D eigenvalue weighted by atomic mass is 16.7. The largest absolute Gasteiger partial charge is 0.382 e. The predicted molar refractivity (Wildman–Crippen MR) is 49.0 cm³/mol. The van der Waals surface area contributed by atoms with Gasteiger partial charge in [-0.3, -0.25) is 0 Å². The summed E-state index contributed by atoms with van der Waals surface area (Å²) in [6, 6.07) is 0. The molecule has 0 amide bonds. The smallest absolute Gasteiger partial charge is 0.181 e. The van der Waals surface area contributed by atoms with Crippen molar-refractivity contribution in [3.63, 3.8) is 0 Å². The first-order chi connectivity index (χ1) is 6.72.